The molecule has 0 radical (unpaired) electrons. The molecule has 0 unspecified atom stereocenters. The van der Waals surface area contributed by atoms with Crippen molar-refractivity contribution in [3.63, 3.8) is 0 Å². The van der Waals surface area contributed by atoms with Gasteiger partial charge < -0.3 is 9.64 Å². The second-order valence-corrected chi connectivity index (χ2v) is 9.63. The van der Waals surface area contributed by atoms with Gasteiger partial charge in [-0.15, -0.1) is 11.3 Å². The lowest BCUT2D eigenvalue weighted by atomic mass is 10.1. The Morgan fingerprint density at radius 2 is 2.00 bits per heavy atom. The van der Waals surface area contributed by atoms with Crippen molar-refractivity contribution in [2.24, 2.45) is 0 Å². The van der Waals surface area contributed by atoms with Crippen molar-refractivity contribution in [3.05, 3.63) is 46.2 Å². The molecule has 1 aromatic carbocycles. The number of thiophene rings is 1. The Labute approximate surface area is 167 Å². The van der Waals surface area contributed by atoms with E-state index >= 15 is 0 Å². The number of sulfonamides is 1. The fourth-order valence-electron chi connectivity index (χ4n) is 3.35. The van der Waals surface area contributed by atoms with Crippen LogP contribution >= 0.6 is 11.3 Å². The van der Waals surface area contributed by atoms with E-state index in [4.69, 9.17) is 4.74 Å². The lowest BCUT2D eigenvalue weighted by Gasteiger charge is -2.22. The number of fused-ring (bicyclic) bond motifs is 1. The number of nitrogens with one attached hydrogen (secondary N) is 1. The lowest BCUT2D eigenvalue weighted by Crippen LogP contribution is -2.38. The molecule has 0 bridgehead atoms. The molecular formula is C19H20N2O5S2. The van der Waals surface area contributed by atoms with Crippen LogP contribution in [-0.2, 0) is 26.0 Å². The SMILES string of the molecule is C[C@H]1Cc2ccccc2N1C(=O)COC(=O)c1sccc1S(=O)(=O)NC1CC1. The van der Waals surface area contributed by atoms with Gasteiger partial charge in [0.25, 0.3) is 5.91 Å². The molecule has 2 heterocycles. The summed E-state index contributed by atoms with van der Waals surface area (Å²) in [6.07, 6.45) is 2.34. The van der Waals surface area contributed by atoms with Crippen molar-refractivity contribution in [3.8, 4) is 0 Å². The van der Waals surface area contributed by atoms with Gasteiger partial charge in [0.1, 0.15) is 9.77 Å². The van der Waals surface area contributed by atoms with Gasteiger partial charge in [-0.2, -0.15) is 0 Å². The zero-order valence-corrected chi connectivity index (χ0v) is 16.9. The summed E-state index contributed by atoms with van der Waals surface area (Å²) >= 11 is 0.986. The average molecular weight is 421 g/mol. The Morgan fingerprint density at radius 3 is 2.75 bits per heavy atom. The Balaban J connectivity index is 1.44. The summed E-state index contributed by atoms with van der Waals surface area (Å²) in [5, 5.41) is 1.53. The van der Waals surface area contributed by atoms with Gasteiger partial charge in [-0.25, -0.2) is 17.9 Å². The number of carbonyl (C=O) groups is 2. The molecule has 28 heavy (non-hydrogen) atoms. The van der Waals surface area contributed by atoms with Gasteiger partial charge in [0.15, 0.2) is 6.61 Å². The Kier molecular flexibility index (Phi) is 4.98. The minimum absolute atomic E-state index is 0.0178. The van der Waals surface area contributed by atoms with Crippen LogP contribution in [0.25, 0.3) is 0 Å². The summed E-state index contributed by atoms with van der Waals surface area (Å²) in [5.74, 6) is -1.14. The van der Waals surface area contributed by atoms with Crippen LogP contribution in [0, 0.1) is 0 Å². The standard InChI is InChI=1S/C19H20N2O5S2/c1-12-10-13-4-2-3-5-15(13)21(12)17(22)11-26-19(23)18-16(8-9-27-18)28(24,25)20-14-6-7-14/h2-5,8-9,12,14,20H,6-7,10-11H2,1H3/t12-/m0/s1. The molecule has 1 atom stereocenters. The number of hydrogen-bond acceptors (Lipinski definition) is 6. The molecule has 0 saturated heterocycles. The maximum absolute atomic E-state index is 12.6. The number of anilines is 1. The fraction of sp³-hybridized carbons (Fsp3) is 0.368. The summed E-state index contributed by atoms with van der Waals surface area (Å²) in [5.41, 5.74) is 1.90. The van der Waals surface area contributed by atoms with Crippen molar-refractivity contribution in [1.82, 2.24) is 4.72 Å². The van der Waals surface area contributed by atoms with Crippen molar-refractivity contribution in [1.29, 1.82) is 0 Å². The van der Waals surface area contributed by atoms with Gasteiger partial charge in [0.2, 0.25) is 10.0 Å². The highest BCUT2D eigenvalue weighted by atomic mass is 32.2. The molecule has 4 rings (SSSR count). The maximum Gasteiger partial charge on any atom is 0.350 e. The largest absolute Gasteiger partial charge is 0.451 e. The molecule has 1 fully saturated rings. The molecule has 1 aromatic heterocycles. The van der Waals surface area contributed by atoms with E-state index in [9.17, 15) is 18.0 Å². The number of nitrogens with zero attached hydrogens (tertiary/aromatic N) is 1. The highest BCUT2D eigenvalue weighted by molar-refractivity contribution is 7.89. The zero-order valence-electron chi connectivity index (χ0n) is 15.3. The third-order valence-electron chi connectivity index (χ3n) is 4.81. The number of amides is 1. The molecule has 1 aliphatic heterocycles. The first-order valence-electron chi connectivity index (χ1n) is 9.04. The van der Waals surface area contributed by atoms with Crippen molar-refractivity contribution < 1.29 is 22.7 Å². The summed E-state index contributed by atoms with van der Waals surface area (Å²) in [7, 11) is -3.77. The molecule has 1 saturated carbocycles. The highest BCUT2D eigenvalue weighted by Crippen LogP contribution is 2.32. The molecule has 2 aromatic rings. The average Bonchev–Trinajstić information content (AvgIpc) is 3.19. The van der Waals surface area contributed by atoms with Crippen LogP contribution in [0.1, 0.15) is 35.0 Å². The van der Waals surface area contributed by atoms with Crippen LogP contribution in [0.15, 0.2) is 40.6 Å². The highest BCUT2D eigenvalue weighted by Gasteiger charge is 2.33. The first-order chi connectivity index (χ1) is 13.4. The van der Waals surface area contributed by atoms with Crippen LogP contribution in [0.5, 0.6) is 0 Å². The molecule has 7 nitrogen and oxygen atoms in total. The first kappa shape index (κ1) is 19.1. The van der Waals surface area contributed by atoms with Crippen LogP contribution < -0.4 is 9.62 Å². The monoisotopic (exact) mass is 420 g/mol. The van der Waals surface area contributed by atoms with Gasteiger partial charge in [-0.1, -0.05) is 18.2 Å². The van der Waals surface area contributed by atoms with E-state index in [0.29, 0.717) is 0 Å². The van der Waals surface area contributed by atoms with E-state index in [0.717, 1.165) is 41.9 Å². The molecule has 1 aliphatic carbocycles. The van der Waals surface area contributed by atoms with Crippen molar-refractivity contribution >= 4 is 38.9 Å². The van der Waals surface area contributed by atoms with E-state index in [2.05, 4.69) is 4.72 Å². The van der Waals surface area contributed by atoms with Gasteiger partial charge in [-0.3, -0.25) is 4.79 Å². The Morgan fingerprint density at radius 1 is 1.25 bits per heavy atom. The molecular weight excluding hydrogens is 400 g/mol. The van der Waals surface area contributed by atoms with E-state index in [1.165, 1.54) is 11.4 Å². The fourth-order valence-corrected chi connectivity index (χ4v) is 5.97. The number of hydrogen-bond donors (Lipinski definition) is 1. The molecule has 1 amide bonds. The van der Waals surface area contributed by atoms with Crippen LogP contribution in [0.4, 0.5) is 5.69 Å². The quantitative estimate of drug-likeness (QED) is 0.724. The van der Waals surface area contributed by atoms with E-state index in [1.807, 2.05) is 31.2 Å². The van der Waals surface area contributed by atoms with Crippen LogP contribution in [0.3, 0.4) is 0 Å². The molecule has 2 aliphatic rings. The lowest BCUT2D eigenvalue weighted by molar-refractivity contribution is -0.122. The third-order valence-corrected chi connectivity index (χ3v) is 7.39. The van der Waals surface area contributed by atoms with Gasteiger partial charge >= 0.3 is 5.97 Å². The van der Waals surface area contributed by atoms with Crippen molar-refractivity contribution in [2.75, 3.05) is 11.5 Å². The second-order valence-electron chi connectivity index (χ2n) is 7.03. The van der Waals surface area contributed by atoms with E-state index in [1.54, 1.807) is 4.90 Å². The number of esters is 1. The van der Waals surface area contributed by atoms with Crippen LogP contribution in [-0.4, -0.2) is 39.0 Å². The molecule has 148 valence electrons. The smallest absolute Gasteiger partial charge is 0.350 e. The van der Waals surface area contributed by atoms with Gasteiger partial charge in [0, 0.05) is 17.8 Å². The number of rotatable bonds is 6. The van der Waals surface area contributed by atoms with Gasteiger partial charge in [0.05, 0.1) is 0 Å². The number of benzene rings is 1. The number of ether oxygens (including phenoxy) is 1. The van der Waals surface area contributed by atoms with Crippen molar-refractivity contribution in [2.45, 2.75) is 43.2 Å². The maximum atomic E-state index is 12.6. The zero-order chi connectivity index (χ0) is 19.9. The van der Waals surface area contributed by atoms with E-state index < -0.39 is 22.6 Å². The molecule has 0 spiro atoms. The number of para-hydroxylation sites is 1. The second kappa shape index (κ2) is 7.31. The topological polar surface area (TPSA) is 92.8 Å². The minimum atomic E-state index is -3.77. The number of carbonyl (C=O) groups excluding carboxylic acids is 2. The van der Waals surface area contributed by atoms with Gasteiger partial charge in [-0.05, 0) is 49.3 Å². The van der Waals surface area contributed by atoms with Crippen LogP contribution in [0.2, 0.25) is 0 Å². The predicted octanol–water partition coefficient (Wildman–Crippen LogP) is 2.32. The predicted molar refractivity (Wildman–Crippen MR) is 105 cm³/mol. The summed E-state index contributed by atoms with van der Waals surface area (Å²) < 4.78 is 32.5. The third kappa shape index (κ3) is 3.69. The summed E-state index contributed by atoms with van der Waals surface area (Å²) in [4.78, 5) is 26.6. The van der Waals surface area contributed by atoms with E-state index in [-0.39, 0.29) is 27.8 Å². The summed E-state index contributed by atoms with van der Waals surface area (Å²) in [6, 6.07) is 8.92. The summed E-state index contributed by atoms with van der Waals surface area (Å²) in [6.45, 7) is 1.50. The first-order valence-corrected chi connectivity index (χ1v) is 11.4. The Bertz CT molecular complexity index is 1030. The molecule has 9 heteroatoms. The normalized spacial score (nSPS) is 18.8. The molecule has 1 N–H and O–H groups in total. The Hall–Kier alpha value is -2.23. The minimum Gasteiger partial charge on any atom is -0.451 e.